The van der Waals surface area contributed by atoms with Crippen LogP contribution in [0.3, 0.4) is 0 Å². The number of aliphatic carboxylic acids is 1. The van der Waals surface area contributed by atoms with Gasteiger partial charge in [0.15, 0.2) is 0 Å². The number of nitrogens with one attached hydrogen (secondary N) is 1. The first-order valence-corrected chi connectivity index (χ1v) is 6.75. The lowest BCUT2D eigenvalue weighted by Gasteiger charge is -2.24. The normalized spacial score (nSPS) is 21.7. The first-order chi connectivity index (χ1) is 9.54. The first-order valence-electron chi connectivity index (χ1n) is 6.75. The molecule has 1 aliphatic carbocycles. The molecule has 1 amide bonds. The molecule has 2 atom stereocenters. The maximum Gasteiger partial charge on any atom is 0.307 e. The fourth-order valence-corrected chi connectivity index (χ4v) is 2.49. The minimum Gasteiger partial charge on any atom is -0.481 e. The summed E-state index contributed by atoms with van der Waals surface area (Å²) in [6.45, 7) is 4.57. The zero-order valence-electron chi connectivity index (χ0n) is 11.7. The van der Waals surface area contributed by atoms with E-state index in [0.29, 0.717) is 18.5 Å². The quantitative estimate of drug-likeness (QED) is 0.822. The Bertz CT molecular complexity index is 548. The van der Waals surface area contributed by atoms with E-state index in [0.717, 1.165) is 12.2 Å². The Hall–Kier alpha value is -2.11. The number of carboxylic acid groups (broad SMARTS) is 1. The van der Waals surface area contributed by atoms with Crippen molar-refractivity contribution in [2.45, 2.75) is 33.2 Å². The van der Waals surface area contributed by atoms with Crippen LogP contribution in [0.15, 0.2) is 18.3 Å². The average molecular weight is 277 g/mol. The van der Waals surface area contributed by atoms with Crippen LogP contribution in [0, 0.1) is 18.8 Å². The van der Waals surface area contributed by atoms with E-state index in [1.807, 2.05) is 26.0 Å². The zero-order valence-corrected chi connectivity index (χ0v) is 11.7. The number of hydrogen-bond donors (Lipinski definition) is 2. The van der Waals surface area contributed by atoms with Crippen LogP contribution in [0.5, 0.6) is 0 Å². The zero-order chi connectivity index (χ0) is 14.7. The second kappa shape index (κ2) is 5.90. The predicted octanol–water partition coefficient (Wildman–Crippen LogP) is 1.82. The third kappa shape index (κ3) is 2.74. The molecule has 0 aliphatic heterocycles. The fourth-order valence-electron chi connectivity index (χ4n) is 2.49. The molecule has 0 aromatic carbocycles. The molecule has 0 spiro atoms. The Balaban J connectivity index is 2.12. The van der Waals surface area contributed by atoms with Crippen molar-refractivity contribution in [1.29, 1.82) is 0 Å². The highest BCUT2D eigenvalue weighted by atomic mass is 16.4. The molecule has 6 heteroatoms. The van der Waals surface area contributed by atoms with E-state index in [9.17, 15) is 14.7 Å². The summed E-state index contributed by atoms with van der Waals surface area (Å²) in [4.78, 5) is 23.5. The van der Waals surface area contributed by atoms with E-state index in [1.54, 1.807) is 10.9 Å². The number of nitrogens with zero attached hydrogens (tertiary/aromatic N) is 2. The number of aromatic nitrogens is 2. The lowest BCUT2D eigenvalue weighted by Crippen LogP contribution is -2.34. The van der Waals surface area contributed by atoms with Gasteiger partial charge in [-0.2, -0.15) is 5.10 Å². The Morgan fingerprint density at radius 3 is 2.60 bits per heavy atom. The molecule has 2 unspecified atom stereocenters. The Labute approximate surface area is 117 Å². The Morgan fingerprint density at radius 1 is 1.40 bits per heavy atom. The van der Waals surface area contributed by atoms with Gasteiger partial charge in [-0.25, -0.2) is 0 Å². The van der Waals surface area contributed by atoms with E-state index < -0.39 is 17.8 Å². The molecule has 0 bridgehead atoms. The summed E-state index contributed by atoms with van der Waals surface area (Å²) in [5.41, 5.74) is 1.52. The third-order valence-electron chi connectivity index (χ3n) is 3.75. The van der Waals surface area contributed by atoms with Gasteiger partial charge in [0.25, 0.3) is 0 Å². The number of amides is 1. The Morgan fingerprint density at radius 2 is 2.05 bits per heavy atom. The van der Waals surface area contributed by atoms with Crippen LogP contribution in [-0.2, 0) is 16.1 Å². The highest BCUT2D eigenvalue weighted by Gasteiger charge is 2.34. The van der Waals surface area contributed by atoms with Crippen molar-refractivity contribution in [3.8, 4) is 0 Å². The number of allylic oxidation sites excluding steroid dienone is 2. The standard InChI is InChI=1S/C14H19N3O3/c1-3-17-9(2)12(8-15-17)16-13(18)10-6-4-5-7-11(10)14(19)20/h4-5,8,10-11H,3,6-7H2,1-2H3,(H,16,18)(H,19,20). The predicted molar refractivity (Wildman–Crippen MR) is 74.3 cm³/mol. The molecular weight excluding hydrogens is 258 g/mol. The number of hydrogen-bond acceptors (Lipinski definition) is 3. The molecule has 0 fully saturated rings. The van der Waals surface area contributed by atoms with Gasteiger partial charge in [0.05, 0.1) is 29.4 Å². The van der Waals surface area contributed by atoms with Gasteiger partial charge in [-0.15, -0.1) is 0 Å². The highest BCUT2D eigenvalue weighted by molar-refractivity contribution is 5.95. The second-order valence-electron chi connectivity index (χ2n) is 4.94. The molecule has 6 nitrogen and oxygen atoms in total. The smallest absolute Gasteiger partial charge is 0.307 e. The number of rotatable bonds is 4. The lowest BCUT2D eigenvalue weighted by molar-refractivity contribution is -0.146. The maximum absolute atomic E-state index is 12.3. The third-order valence-corrected chi connectivity index (χ3v) is 3.75. The lowest BCUT2D eigenvalue weighted by atomic mass is 9.82. The first kappa shape index (κ1) is 14.3. The van der Waals surface area contributed by atoms with Crippen molar-refractivity contribution in [3.05, 3.63) is 24.0 Å². The fraction of sp³-hybridized carbons (Fsp3) is 0.500. The summed E-state index contributed by atoms with van der Waals surface area (Å²) in [7, 11) is 0. The molecule has 0 saturated carbocycles. The van der Waals surface area contributed by atoms with Crippen molar-refractivity contribution in [2.75, 3.05) is 5.32 Å². The monoisotopic (exact) mass is 277 g/mol. The van der Waals surface area contributed by atoms with E-state index >= 15 is 0 Å². The van der Waals surface area contributed by atoms with Crippen LogP contribution in [-0.4, -0.2) is 26.8 Å². The molecule has 108 valence electrons. The molecule has 1 aromatic rings. The van der Waals surface area contributed by atoms with Gasteiger partial charge in [-0.3, -0.25) is 14.3 Å². The van der Waals surface area contributed by atoms with E-state index in [1.165, 1.54) is 0 Å². The van der Waals surface area contributed by atoms with E-state index in [2.05, 4.69) is 10.4 Å². The number of aryl methyl sites for hydroxylation is 1. The molecule has 20 heavy (non-hydrogen) atoms. The highest BCUT2D eigenvalue weighted by Crippen LogP contribution is 2.27. The molecular formula is C14H19N3O3. The van der Waals surface area contributed by atoms with E-state index in [4.69, 9.17) is 0 Å². The SMILES string of the molecule is CCn1ncc(NC(=O)C2CC=CCC2C(=O)O)c1C. The molecule has 1 aromatic heterocycles. The second-order valence-corrected chi connectivity index (χ2v) is 4.94. The van der Waals surface area contributed by atoms with Gasteiger partial charge in [0.2, 0.25) is 5.91 Å². The summed E-state index contributed by atoms with van der Waals surface area (Å²) in [5.74, 6) is -2.35. The number of carbonyl (C=O) groups excluding carboxylic acids is 1. The van der Waals surface area contributed by atoms with Gasteiger partial charge >= 0.3 is 5.97 Å². The van der Waals surface area contributed by atoms with Gasteiger partial charge < -0.3 is 10.4 Å². The van der Waals surface area contributed by atoms with Crippen molar-refractivity contribution >= 4 is 17.6 Å². The molecule has 2 N–H and O–H groups in total. The van der Waals surface area contributed by atoms with Crippen LogP contribution in [0.2, 0.25) is 0 Å². The molecule has 0 radical (unpaired) electrons. The summed E-state index contributed by atoms with van der Waals surface area (Å²) < 4.78 is 1.78. The molecule has 2 rings (SSSR count). The van der Waals surface area contributed by atoms with Crippen LogP contribution < -0.4 is 5.32 Å². The summed E-state index contributed by atoms with van der Waals surface area (Å²) in [5, 5.41) is 16.1. The van der Waals surface area contributed by atoms with Gasteiger partial charge in [-0.05, 0) is 26.7 Å². The summed E-state index contributed by atoms with van der Waals surface area (Å²) >= 11 is 0. The molecule has 1 aliphatic rings. The van der Waals surface area contributed by atoms with Gasteiger partial charge in [0.1, 0.15) is 0 Å². The largest absolute Gasteiger partial charge is 0.481 e. The molecule has 0 saturated heterocycles. The minimum atomic E-state index is -0.921. The van der Waals surface area contributed by atoms with Gasteiger partial charge in [-0.1, -0.05) is 12.2 Å². The van der Waals surface area contributed by atoms with Crippen molar-refractivity contribution in [1.82, 2.24) is 9.78 Å². The van der Waals surface area contributed by atoms with Crippen LogP contribution in [0.1, 0.15) is 25.5 Å². The average Bonchev–Trinajstić information content (AvgIpc) is 2.79. The van der Waals surface area contributed by atoms with E-state index in [-0.39, 0.29) is 5.91 Å². The Kier molecular flexibility index (Phi) is 4.22. The summed E-state index contributed by atoms with van der Waals surface area (Å²) in [6, 6.07) is 0. The van der Waals surface area contributed by atoms with Crippen LogP contribution >= 0.6 is 0 Å². The summed E-state index contributed by atoms with van der Waals surface area (Å²) in [6.07, 6.45) is 6.16. The van der Waals surface area contributed by atoms with Crippen molar-refractivity contribution in [2.24, 2.45) is 11.8 Å². The van der Waals surface area contributed by atoms with Crippen LogP contribution in [0.25, 0.3) is 0 Å². The molecule has 1 heterocycles. The maximum atomic E-state index is 12.3. The number of anilines is 1. The topological polar surface area (TPSA) is 84.2 Å². The van der Waals surface area contributed by atoms with Crippen molar-refractivity contribution < 1.29 is 14.7 Å². The van der Waals surface area contributed by atoms with Crippen LogP contribution in [0.4, 0.5) is 5.69 Å². The minimum absolute atomic E-state index is 0.250. The number of carboxylic acids is 1. The number of carbonyl (C=O) groups is 2. The van der Waals surface area contributed by atoms with Gasteiger partial charge in [0, 0.05) is 6.54 Å². The van der Waals surface area contributed by atoms with Crippen molar-refractivity contribution in [3.63, 3.8) is 0 Å².